The highest BCUT2D eigenvalue weighted by molar-refractivity contribution is 5.97. The zero-order valence-electron chi connectivity index (χ0n) is 16.2. The molecule has 1 aromatic carbocycles. The number of carbonyl (C=O) groups is 2. The monoisotopic (exact) mass is 371 g/mol. The normalized spacial score (nSPS) is 13.2. The molecule has 0 saturated heterocycles. The number of nitrogens with two attached hydrogens (primary N) is 1. The molecule has 2 rings (SSSR count). The number of anilines is 1. The van der Waals surface area contributed by atoms with Crippen molar-refractivity contribution < 1.29 is 9.59 Å². The summed E-state index contributed by atoms with van der Waals surface area (Å²) in [4.78, 5) is 28.7. The molecule has 4 N–H and O–H groups in total. The smallest absolute Gasteiger partial charge is 0.251 e. The molecule has 7 heteroatoms. The lowest BCUT2D eigenvalue weighted by molar-refractivity contribution is -0.116. The van der Waals surface area contributed by atoms with Crippen LogP contribution in [0.15, 0.2) is 43.0 Å². The van der Waals surface area contributed by atoms with Gasteiger partial charge in [-0.05, 0) is 37.5 Å². The number of aryl methyl sites for hydroxylation is 1. The highest BCUT2D eigenvalue weighted by atomic mass is 16.2. The molecule has 0 aliphatic carbocycles. The minimum Gasteiger partial charge on any atom is -0.346 e. The number of nitrogens with one attached hydrogen (secondary N) is 2. The van der Waals surface area contributed by atoms with Crippen molar-refractivity contribution in [1.82, 2.24) is 14.9 Å². The van der Waals surface area contributed by atoms with Crippen LogP contribution in [0.4, 0.5) is 5.69 Å². The molecule has 0 saturated carbocycles. The molecule has 0 bridgehead atoms. The molecule has 146 valence electrons. The molecule has 0 spiro atoms. The van der Waals surface area contributed by atoms with Crippen LogP contribution in [0, 0.1) is 5.92 Å². The summed E-state index contributed by atoms with van der Waals surface area (Å²) in [6.45, 7) is 7.06. The Balaban J connectivity index is 1.97. The minimum atomic E-state index is -0.463. The van der Waals surface area contributed by atoms with E-state index in [4.69, 9.17) is 5.73 Å². The molecule has 7 nitrogen and oxygen atoms in total. The van der Waals surface area contributed by atoms with Crippen LogP contribution in [0.2, 0.25) is 0 Å². The van der Waals surface area contributed by atoms with Gasteiger partial charge in [0.2, 0.25) is 5.91 Å². The van der Waals surface area contributed by atoms with Crippen molar-refractivity contribution in [2.45, 2.75) is 45.7 Å². The van der Waals surface area contributed by atoms with Crippen molar-refractivity contribution in [2.75, 3.05) is 11.9 Å². The first-order valence-electron chi connectivity index (χ1n) is 9.19. The van der Waals surface area contributed by atoms with Crippen molar-refractivity contribution in [2.24, 2.45) is 11.7 Å². The molecule has 1 heterocycles. The van der Waals surface area contributed by atoms with Gasteiger partial charge < -0.3 is 20.9 Å². The van der Waals surface area contributed by atoms with E-state index in [9.17, 15) is 9.59 Å². The number of imidazole rings is 1. The number of nitrogens with zero attached hydrogens (tertiary/aromatic N) is 2. The molecule has 2 amide bonds. The third-order valence-corrected chi connectivity index (χ3v) is 4.29. The number of hydrogen-bond donors (Lipinski definition) is 3. The van der Waals surface area contributed by atoms with Crippen LogP contribution < -0.4 is 16.4 Å². The lowest BCUT2D eigenvalue weighted by atomic mass is 9.90. The SMILES string of the molecule is CC(C)CC(C)(CN)NC(=O)c1cccc(NC(=O)CCn2ccnc2)c1. The molecule has 0 aliphatic rings. The first-order valence-corrected chi connectivity index (χ1v) is 9.19. The van der Waals surface area contributed by atoms with Gasteiger partial charge in [0, 0.05) is 48.7 Å². The topological polar surface area (TPSA) is 102 Å². The van der Waals surface area contributed by atoms with Crippen molar-refractivity contribution in [3.63, 3.8) is 0 Å². The van der Waals surface area contributed by atoms with Crippen LogP contribution in [-0.4, -0.2) is 33.4 Å². The zero-order valence-corrected chi connectivity index (χ0v) is 16.2. The summed E-state index contributed by atoms with van der Waals surface area (Å²) in [5.41, 5.74) is 6.50. The van der Waals surface area contributed by atoms with Gasteiger partial charge in [-0.2, -0.15) is 0 Å². The van der Waals surface area contributed by atoms with Crippen molar-refractivity contribution in [1.29, 1.82) is 0 Å². The Labute approximate surface area is 160 Å². The van der Waals surface area contributed by atoms with Crippen LogP contribution in [0.1, 0.15) is 44.0 Å². The molecule has 0 aliphatic heterocycles. The zero-order chi connectivity index (χ0) is 19.9. The van der Waals surface area contributed by atoms with Crippen molar-refractivity contribution >= 4 is 17.5 Å². The third-order valence-electron chi connectivity index (χ3n) is 4.29. The number of hydrogen-bond acceptors (Lipinski definition) is 4. The van der Waals surface area contributed by atoms with Gasteiger partial charge in [0.25, 0.3) is 5.91 Å². The lowest BCUT2D eigenvalue weighted by Crippen LogP contribution is -2.52. The molecule has 1 unspecified atom stereocenters. The molecule has 1 atom stereocenters. The second-order valence-corrected chi connectivity index (χ2v) is 7.50. The maximum atomic E-state index is 12.6. The first kappa shape index (κ1) is 20.6. The summed E-state index contributed by atoms with van der Waals surface area (Å²) < 4.78 is 1.84. The second kappa shape index (κ2) is 9.32. The van der Waals surface area contributed by atoms with E-state index >= 15 is 0 Å². The molecule has 27 heavy (non-hydrogen) atoms. The van der Waals surface area contributed by atoms with E-state index in [0.717, 1.165) is 6.42 Å². The summed E-state index contributed by atoms with van der Waals surface area (Å²) in [6.07, 6.45) is 6.27. The van der Waals surface area contributed by atoms with E-state index in [1.54, 1.807) is 36.8 Å². The van der Waals surface area contributed by atoms with Crippen LogP contribution in [0.5, 0.6) is 0 Å². The average Bonchev–Trinajstić information content (AvgIpc) is 3.13. The second-order valence-electron chi connectivity index (χ2n) is 7.50. The highest BCUT2D eigenvalue weighted by Crippen LogP contribution is 2.17. The summed E-state index contributed by atoms with van der Waals surface area (Å²) in [7, 11) is 0. The Morgan fingerprint density at radius 1 is 1.33 bits per heavy atom. The Hall–Kier alpha value is -2.67. The summed E-state index contributed by atoms with van der Waals surface area (Å²) in [5.74, 6) is 0.103. The van der Waals surface area contributed by atoms with Gasteiger partial charge in [0.1, 0.15) is 0 Å². The van der Waals surface area contributed by atoms with Crippen molar-refractivity contribution in [3.05, 3.63) is 48.5 Å². The largest absolute Gasteiger partial charge is 0.346 e. The first-order chi connectivity index (χ1) is 12.8. The molecular weight excluding hydrogens is 342 g/mol. The van der Waals surface area contributed by atoms with E-state index < -0.39 is 5.54 Å². The lowest BCUT2D eigenvalue weighted by Gasteiger charge is -2.31. The van der Waals surface area contributed by atoms with Crippen LogP contribution in [0.3, 0.4) is 0 Å². The van der Waals surface area contributed by atoms with E-state index in [1.165, 1.54) is 0 Å². The molecule has 0 fully saturated rings. The van der Waals surface area contributed by atoms with Gasteiger partial charge in [0.05, 0.1) is 6.33 Å². The summed E-state index contributed by atoms with van der Waals surface area (Å²) in [6, 6.07) is 6.92. The Morgan fingerprint density at radius 3 is 2.74 bits per heavy atom. The number of carbonyl (C=O) groups excluding carboxylic acids is 2. The predicted molar refractivity (Wildman–Crippen MR) is 106 cm³/mol. The Kier molecular flexibility index (Phi) is 7.12. The number of aromatic nitrogens is 2. The van der Waals surface area contributed by atoms with Gasteiger partial charge in [-0.25, -0.2) is 4.98 Å². The molecule has 1 aromatic heterocycles. The number of rotatable bonds is 9. The molecule has 2 aromatic rings. The van der Waals surface area contributed by atoms with Gasteiger partial charge in [-0.15, -0.1) is 0 Å². The number of amides is 2. The summed E-state index contributed by atoms with van der Waals surface area (Å²) in [5, 5.41) is 5.86. The van der Waals surface area contributed by atoms with Crippen LogP contribution in [0.25, 0.3) is 0 Å². The van der Waals surface area contributed by atoms with Gasteiger partial charge in [0.15, 0.2) is 0 Å². The molecule has 0 radical (unpaired) electrons. The molecular formula is C20H29N5O2. The standard InChI is InChI=1S/C20H29N5O2/c1-15(2)12-20(3,13-21)24-19(27)16-5-4-6-17(11-16)23-18(26)7-9-25-10-8-22-14-25/h4-6,8,10-11,14-15H,7,9,12-13,21H2,1-3H3,(H,23,26)(H,24,27). The van der Waals surface area contributed by atoms with Crippen molar-refractivity contribution in [3.8, 4) is 0 Å². The highest BCUT2D eigenvalue weighted by Gasteiger charge is 2.26. The maximum Gasteiger partial charge on any atom is 0.251 e. The van der Waals surface area contributed by atoms with Gasteiger partial charge in [-0.1, -0.05) is 19.9 Å². The fourth-order valence-corrected chi connectivity index (χ4v) is 3.04. The quantitative estimate of drug-likeness (QED) is 0.630. The predicted octanol–water partition coefficient (Wildman–Crippen LogP) is 2.41. The fraction of sp³-hybridized carbons (Fsp3) is 0.450. The van der Waals surface area contributed by atoms with E-state index in [-0.39, 0.29) is 11.8 Å². The third kappa shape index (κ3) is 6.53. The summed E-state index contributed by atoms with van der Waals surface area (Å²) >= 11 is 0. The van der Waals surface area contributed by atoms with Crippen LogP contribution in [-0.2, 0) is 11.3 Å². The van der Waals surface area contributed by atoms with E-state index in [1.807, 2.05) is 17.7 Å². The van der Waals surface area contributed by atoms with Gasteiger partial charge in [-0.3, -0.25) is 9.59 Å². The van der Waals surface area contributed by atoms with Gasteiger partial charge >= 0.3 is 0 Å². The maximum absolute atomic E-state index is 12.6. The van der Waals surface area contributed by atoms with E-state index in [0.29, 0.717) is 36.7 Å². The average molecular weight is 371 g/mol. The number of benzene rings is 1. The van der Waals surface area contributed by atoms with Crippen LogP contribution >= 0.6 is 0 Å². The minimum absolute atomic E-state index is 0.118. The Morgan fingerprint density at radius 2 is 2.11 bits per heavy atom. The fourth-order valence-electron chi connectivity index (χ4n) is 3.04. The Bertz CT molecular complexity index is 757. The van der Waals surface area contributed by atoms with E-state index in [2.05, 4.69) is 29.5 Å².